The van der Waals surface area contributed by atoms with E-state index >= 15 is 0 Å². The summed E-state index contributed by atoms with van der Waals surface area (Å²) in [6.07, 6.45) is 0. The van der Waals surface area contributed by atoms with Gasteiger partial charge in [-0.2, -0.15) is 0 Å². The van der Waals surface area contributed by atoms with E-state index in [9.17, 15) is 0 Å². The fraction of sp³-hybridized carbons (Fsp3) is 0.455. The van der Waals surface area contributed by atoms with Gasteiger partial charge in [-0.25, -0.2) is 0 Å². The summed E-state index contributed by atoms with van der Waals surface area (Å²) in [7, 11) is 4.06. The Hall–Kier alpha value is -0.860. The Balaban J connectivity index is 2.92. The molecule has 1 rings (SSSR count). The maximum absolute atomic E-state index is 9.14. The fourth-order valence-electron chi connectivity index (χ4n) is 1.40. The normalized spacial score (nSPS) is 10.8. The Bertz CT molecular complexity index is 281. The zero-order chi connectivity index (χ0) is 9.84. The van der Waals surface area contributed by atoms with Crippen molar-refractivity contribution in [2.24, 2.45) is 0 Å². The van der Waals surface area contributed by atoms with Gasteiger partial charge in [0.05, 0.1) is 6.61 Å². The van der Waals surface area contributed by atoms with Crippen molar-refractivity contribution in [3.05, 3.63) is 34.9 Å². The molecule has 0 amide bonds. The van der Waals surface area contributed by atoms with Gasteiger partial charge in [-0.15, -0.1) is 0 Å². The van der Waals surface area contributed by atoms with E-state index in [-0.39, 0.29) is 6.61 Å². The molecule has 1 aromatic rings. The Kier molecular flexibility index (Phi) is 3.46. The number of aryl methyl sites for hydroxylation is 1. The second kappa shape index (κ2) is 4.40. The molecule has 0 radical (unpaired) electrons. The maximum Gasteiger partial charge on any atom is 0.0685 e. The van der Waals surface area contributed by atoms with Crippen LogP contribution in [0.2, 0.25) is 0 Å². The van der Waals surface area contributed by atoms with E-state index in [0.717, 1.165) is 12.1 Å². The molecule has 13 heavy (non-hydrogen) atoms. The van der Waals surface area contributed by atoms with E-state index < -0.39 is 0 Å². The molecule has 1 aromatic carbocycles. The third kappa shape index (κ3) is 2.83. The lowest BCUT2D eigenvalue weighted by atomic mass is 10.0. The van der Waals surface area contributed by atoms with E-state index in [4.69, 9.17) is 5.11 Å². The highest BCUT2D eigenvalue weighted by Crippen LogP contribution is 2.12. The van der Waals surface area contributed by atoms with E-state index in [1.165, 1.54) is 11.1 Å². The second-order valence-electron chi connectivity index (χ2n) is 3.67. The van der Waals surface area contributed by atoms with Gasteiger partial charge in [-0.05, 0) is 32.1 Å². The van der Waals surface area contributed by atoms with Crippen LogP contribution in [0.3, 0.4) is 0 Å². The Morgan fingerprint density at radius 2 is 1.92 bits per heavy atom. The molecular formula is C11H17NO. The first-order valence-corrected chi connectivity index (χ1v) is 4.47. The average molecular weight is 179 g/mol. The highest BCUT2D eigenvalue weighted by molar-refractivity contribution is 5.30. The quantitative estimate of drug-likeness (QED) is 0.761. The lowest BCUT2D eigenvalue weighted by Crippen LogP contribution is -2.12. The summed E-state index contributed by atoms with van der Waals surface area (Å²) in [5.41, 5.74) is 3.44. The molecule has 0 aliphatic rings. The third-order valence-corrected chi connectivity index (χ3v) is 2.02. The van der Waals surface area contributed by atoms with Crippen molar-refractivity contribution in [1.29, 1.82) is 0 Å². The van der Waals surface area contributed by atoms with Gasteiger partial charge in [0.2, 0.25) is 0 Å². The van der Waals surface area contributed by atoms with Crippen molar-refractivity contribution >= 4 is 0 Å². The van der Waals surface area contributed by atoms with Crippen molar-refractivity contribution in [1.82, 2.24) is 4.90 Å². The van der Waals surface area contributed by atoms with Crippen molar-refractivity contribution in [3.8, 4) is 0 Å². The van der Waals surface area contributed by atoms with Gasteiger partial charge < -0.3 is 10.0 Å². The molecule has 2 heteroatoms. The van der Waals surface area contributed by atoms with Crippen LogP contribution in [0.25, 0.3) is 0 Å². The summed E-state index contributed by atoms with van der Waals surface area (Å²) in [4.78, 5) is 2.10. The number of nitrogens with zero attached hydrogens (tertiary/aromatic N) is 1. The first kappa shape index (κ1) is 10.2. The van der Waals surface area contributed by atoms with Crippen molar-refractivity contribution in [2.75, 3.05) is 14.1 Å². The highest BCUT2D eigenvalue weighted by Gasteiger charge is 2.02. The van der Waals surface area contributed by atoms with Crippen molar-refractivity contribution in [3.63, 3.8) is 0 Å². The Morgan fingerprint density at radius 1 is 1.23 bits per heavy atom. The Labute approximate surface area is 79.8 Å². The molecule has 0 heterocycles. The number of hydrogen-bond donors (Lipinski definition) is 1. The monoisotopic (exact) mass is 179 g/mol. The van der Waals surface area contributed by atoms with Crippen LogP contribution in [0.4, 0.5) is 0 Å². The molecule has 1 N–H and O–H groups in total. The fourth-order valence-corrected chi connectivity index (χ4v) is 1.40. The minimum absolute atomic E-state index is 0.130. The molecule has 0 aliphatic carbocycles. The van der Waals surface area contributed by atoms with Crippen LogP contribution >= 0.6 is 0 Å². The molecule has 0 spiro atoms. The lowest BCUT2D eigenvalue weighted by molar-refractivity contribution is 0.278. The zero-order valence-electron chi connectivity index (χ0n) is 8.54. The largest absolute Gasteiger partial charge is 0.392 e. The van der Waals surface area contributed by atoms with Crippen LogP contribution in [0.15, 0.2) is 18.2 Å². The molecule has 0 atom stereocenters. The predicted octanol–water partition coefficient (Wildman–Crippen LogP) is 1.55. The van der Waals surface area contributed by atoms with Crippen molar-refractivity contribution in [2.45, 2.75) is 20.1 Å². The molecule has 72 valence electrons. The van der Waals surface area contributed by atoms with Crippen LogP contribution in [-0.4, -0.2) is 24.1 Å². The summed E-state index contributed by atoms with van der Waals surface area (Å²) < 4.78 is 0. The number of benzene rings is 1. The van der Waals surface area contributed by atoms with Gasteiger partial charge in [0.1, 0.15) is 0 Å². The summed E-state index contributed by atoms with van der Waals surface area (Å²) in [6.45, 7) is 3.06. The lowest BCUT2D eigenvalue weighted by Gasteiger charge is -2.13. The average Bonchev–Trinajstić information content (AvgIpc) is 2.07. The molecule has 0 saturated carbocycles. The highest BCUT2D eigenvalue weighted by atomic mass is 16.3. The number of aliphatic hydroxyl groups is 1. The van der Waals surface area contributed by atoms with Crippen molar-refractivity contribution < 1.29 is 5.11 Å². The molecule has 0 unspecified atom stereocenters. The first-order valence-electron chi connectivity index (χ1n) is 4.47. The molecule has 2 nitrogen and oxygen atoms in total. The smallest absolute Gasteiger partial charge is 0.0685 e. The number of aliphatic hydroxyl groups excluding tert-OH is 1. The van der Waals surface area contributed by atoms with Crippen LogP contribution in [0, 0.1) is 6.92 Å². The standard InChI is InChI=1S/C11H17NO/c1-9-4-5-10(7-12(2)3)11(6-9)8-13/h4-6,13H,7-8H2,1-3H3. The minimum atomic E-state index is 0.130. The first-order chi connectivity index (χ1) is 6.13. The molecular weight excluding hydrogens is 162 g/mol. The summed E-state index contributed by atoms with van der Waals surface area (Å²) in [5, 5.41) is 9.14. The van der Waals surface area contributed by atoms with E-state index in [0.29, 0.717) is 0 Å². The third-order valence-electron chi connectivity index (χ3n) is 2.02. The predicted molar refractivity (Wildman–Crippen MR) is 54.5 cm³/mol. The summed E-state index contributed by atoms with van der Waals surface area (Å²) in [5.74, 6) is 0. The summed E-state index contributed by atoms with van der Waals surface area (Å²) in [6, 6.07) is 6.21. The van der Waals surface area contributed by atoms with Gasteiger partial charge in [-0.1, -0.05) is 23.8 Å². The topological polar surface area (TPSA) is 23.5 Å². The van der Waals surface area contributed by atoms with Crippen LogP contribution < -0.4 is 0 Å². The Morgan fingerprint density at radius 3 is 2.46 bits per heavy atom. The molecule has 0 aromatic heterocycles. The van der Waals surface area contributed by atoms with Crippen LogP contribution in [-0.2, 0) is 13.2 Å². The van der Waals surface area contributed by atoms with E-state index in [2.05, 4.69) is 17.0 Å². The van der Waals surface area contributed by atoms with E-state index in [1.54, 1.807) is 0 Å². The summed E-state index contributed by atoms with van der Waals surface area (Å²) >= 11 is 0. The van der Waals surface area contributed by atoms with E-state index in [1.807, 2.05) is 27.1 Å². The molecule has 0 aliphatic heterocycles. The second-order valence-corrected chi connectivity index (χ2v) is 3.67. The minimum Gasteiger partial charge on any atom is -0.392 e. The zero-order valence-corrected chi connectivity index (χ0v) is 8.54. The van der Waals surface area contributed by atoms with Gasteiger partial charge in [0.15, 0.2) is 0 Å². The molecule has 0 bridgehead atoms. The van der Waals surface area contributed by atoms with Gasteiger partial charge >= 0.3 is 0 Å². The van der Waals surface area contributed by atoms with Crippen LogP contribution in [0.1, 0.15) is 16.7 Å². The molecule has 0 saturated heterocycles. The molecule has 0 fully saturated rings. The van der Waals surface area contributed by atoms with Gasteiger partial charge in [0, 0.05) is 6.54 Å². The van der Waals surface area contributed by atoms with Gasteiger partial charge in [-0.3, -0.25) is 0 Å². The van der Waals surface area contributed by atoms with Gasteiger partial charge in [0.25, 0.3) is 0 Å². The number of hydrogen-bond acceptors (Lipinski definition) is 2. The van der Waals surface area contributed by atoms with Crippen LogP contribution in [0.5, 0.6) is 0 Å². The SMILES string of the molecule is Cc1ccc(CN(C)C)c(CO)c1. The maximum atomic E-state index is 9.14. The number of rotatable bonds is 3.